The molecule has 0 aliphatic rings. The Kier molecular flexibility index (Phi) is 4.63. The van der Waals surface area contributed by atoms with E-state index in [9.17, 15) is 4.79 Å². The van der Waals surface area contributed by atoms with Crippen LogP contribution in [0.5, 0.6) is 0 Å². The SMILES string of the molecule is CC(c1ccccc1)c1cn(C)c(=O)c2cc(C/C(N)=C\NN)oc12. The Morgan fingerprint density at radius 1 is 1.36 bits per heavy atom. The van der Waals surface area contributed by atoms with Gasteiger partial charge in [0.1, 0.15) is 11.3 Å². The molecule has 1 unspecified atom stereocenters. The van der Waals surface area contributed by atoms with E-state index in [4.69, 9.17) is 16.0 Å². The zero-order chi connectivity index (χ0) is 18.0. The molecule has 1 atom stereocenters. The molecule has 5 N–H and O–H groups in total. The van der Waals surface area contributed by atoms with Crippen LogP contribution < -0.4 is 22.6 Å². The molecule has 0 bridgehead atoms. The highest BCUT2D eigenvalue weighted by atomic mass is 16.3. The molecule has 0 amide bonds. The highest BCUT2D eigenvalue weighted by Crippen LogP contribution is 2.31. The third-order valence-electron chi connectivity index (χ3n) is 4.34. The number of allylic oxidation sites excluding steroid dienone is 1. The van der Waals surface area contributed by atoms with Crippen molar-refractivity contribution in [2.45, 2.75) is 19.3 Å². The van der Waals surface area contributed by atoms with Gasteiger partial charge in [0.2, 0.25) is 0 Å². The topological polar surface area (TPSA) is 99.2 Å². The Morgan fingerprint density at radius 2 is 2.08 bits per heavy atom. The molecule has 6 nitrogen and oxygen atoms in total. The molecule has 0 fully saturated rings. The molecule has 6 heteroatoms. The molecule has 0 saturated carbocycles. The van der Waals surface area contributed by atoms with Gasteiger partial charge in [0.05, 0.1) is 5.39 Å². The number of aromatic nitrogens is 1. The van der Waals surface area contributed by atoms with Crippen LogP contribution in [-0.4, -0.2) is 4.57 Å². The summed E-state index contributed by atoms with van der Waals surface area (Å²) in [5, 5.41) is 0.561. The zero-order valence-corrected chi connectivity index (χ0v) is 14.3. The molecule has 2 aromatic heterocycles. The van der Waals surface area contributed by atoms with Gasteiger partial charge < -0.3 is 20.1 Å². The van der Waals surface area contributed by atoms with Crippen LogP contribution in [0.15, 0.2) is 63.7 Å². The van der Waals surface area contributed by atoms with Crippen LogP contribution in [0, 0.1) is 0 Å². The smallest absolute Gasteiger partial charge is 0.261 e. The van der Waals surface area contributed by atoms with Crippen molar-refractivity contribution in [2.24, 2.45) is 18.6 Å². The summed E-state index contributed by atoms with van der Waals surface area (Å²) in [5.74, 6) is 5.96. The lowest BCUT2D eigenvalue weighted by Crippen LogP contribution is -2.17. The number of hydrazine groups is 1. The van der Waals surface area contributed by atoms with Gasteiger partial charge in [0, 0.05) is 43.0 Å². The van der Waals surface area contributed by atoms with Crippen LogP contribution in [0.3, 0.4) is 0 Å². The second kappa shape index (κ2) is 6.86. The van der Waals surface area contributed by atoms with Crippen LogP contribution in [-0.2, 0) is 13.5 Å². The Balaban J connectivity index is 2.13. The number of rotatable bonds is 5. The molecule has 3 aromatic rings. The van der Waals surface area contributed by atoms with Crippen LogP contribution in [0.25, 0.3) is 11.0 Å². The number of benzene rings is 1. The molecule has 0 aliphatic heterocycles. The van der Waals surface area contributed by atoms with E-state index in [-0.39, 0.29) is 11.5 Å². The number of nitrogens with one attached hydrogen (secondary N) is 1. The number of nitrogens with two attached hydrogens (primary N) is 2. The van der Waals surface area contributed by atoms with Crippen molar-refractivity contribution in [3.63, 3.8) is 0 Å². The lowest BCUT2D eigenvalue weighted by atomic mass is 9.93. The average molecular weight is 338 g/mol. The molecule has 1 aromatic carbocycles. The summed E-state index contributed by atoms with van der Waals surface area (Å²) in [7, 11) is 1.75. The van der Waals surface area contributed by atoms with Gasteiger partial charge in [-0.25, -0.2) is 0 Å². The van der Waals surface area contributed by atoms with E-state index in [1.165, 1.54) is 6.20 Å². The fraction of sp³-hybridized carbons (Fsp3) is 0.211. The van der Waals surface area contributed by atoms with Gasteiger partial charge in [0.25, 0.3) is 5.56 Å². The number of hydrogen-bond donors (Lipinski definition) is 3. The van der Waals surface area contributed by atoms with Crippen molar-refractivity contribution >= 4 is 11.0 Å². The fourth-order valence-corrected chi connectivity index (χ4v) is 3.01. The third kappa shape index (κ3) is 3.29. The van der Waals surface area contributed by atoms with Crippen molar-refractivity contribution in [1.82, 2.24) is 9.99 Å². The summed E-state index contributed by atoms with van der Waals surface area (Å²) in [6.07, 6.45) is 3.72. The number of furan rings is 1. The zero-order valence-electron chi connectivity index (χ0n) is 14.3. The van der Waals surface area contributed by atoms with E-state index in [2.05, 4.69) is 24.5 Å². The minimum atomic E-state index is -0.0893. The molecular formula is C19H22N4O2. The molecule has 25 heavy (non-hydrogen) atoms. The minimum absolute atomic E-state index is 0.0893. The first-order chi connectivity index (χ1) is 12.0. The van der Waals surface area contributed by atoms with Crippen molar-refractivity contribution in [2.75, 3.05) is 0 Å². The van der Waals surface area contributed by atoms with E-state index in [0.29, 0.717) is 28.8 Å². The van der Waals surface area contributed by atoms with Crippen molar-refractivity contribution in [3.05, 3.63) is 81.7 Å². The van der Waals surface area contributed by atoms with E-state index in [1.807, 2.05) is 24.4 Å². The fourth-order valence-electron chi connectivity index (χ4n) is 3.01. The van der Waals surface area contributed by atoms with Gasteiger partial charge in [-0.15, -0.1) is 0 Å². The summed E-state index contributed by atoms with van der Waals surface area (Å²) < 4.78 is 7.59. The molecule has 2 heterocycles. The highest BCUT2D eigenvalue weighted by Gasteiger charge is 2.19. The summed E-state index contributed by atoms with van der Waals surface area (Å²) in [5.41, 5.74) is 11.4. The second-order valence-corrected chi connectivity index (χ2v) is 6.15. The normalized spacial score (nSPS) is 13.2. The lowest BCUT2D eigenvalue weighted by molar-refractivity contribution is 0.553. The van der Waals surface area contributed by atoms with E-state index in [1.54, 1.807) is 17.7 Å². The predicted molar refractivity (Wildman–Crippen MR) is 98.7 cm³/mol. The second-order valence-electron chi connectivity index (χ2n) is 6.15. The number of fused-ring (bicyclic) bond motifs is 1. The standard InChI is InChI=1S/C19H22N4O2/c1-12(13-6-4-3-5-7-13)17-11-23(2)19(24)16-9-15(25-18(16)17)8-14(20)10-22-21/h3-7,9-12,22H,8,20-21H2,1-2H3/b14-10+. The molecule has 130 valence electrons. The summed E-state index contributed by atoms with van der Waals surface area (Å²) in [6.45, 7) is 2.10. The maximum absolute atomic E-state index is 12.5. The molecular weight excluding hydrogens is 316 g/mol. The summed E-state index contributed by atoms with van der Waals surface area (Å²) in [4.78, 5) is 12.5. The van der Waals surface area contributed by atoms with Gasteiger partial charge in [-0.1, -0.05) is 37.3 Å². The summed E-state index contributed by atoms with van der Waals surface area (Å²) >= 11 is 0. The first kappa shape index (κ1) is 16.9. The molecule has 0 radical (unpaired) electrons. The largest absolute Gasteiger partial charge is 0.460 e. The molecule has 3 rings (SSSR count). The van der Waals surface area contributed by atoms with Gasteiger partial charge >= 0.3 is 0 Å². The van der Waals surface area contributed by atoms with Crippen LogP contribution >= 0.6 is 0 Å². The predicted octanol–water partition coefficient (Wildman–Crippen LogP) is 2.09. The van der Waals surface area contributed by atoms with Gasteiger partial charge in [-0.3, -0.25) is 10.6 Å². The Hall–Kier alpha value is -2.99. The van der Waals surface area contributed by atoms with Crippen molar-refractivity contribution in [1.29, 1.82) is 0 Å². The van der Waals surface area contributed by atoms with E-state index < -0.39 is 0 Å². The first-order valence-corrected chi connectivity index (χ1v) is 8.08. The number of nitrogens with zero attached hydrogens (tertiary/aromatic N) is 1. The van der Waals surface area contributed by atoms with Crippen LogP contribution in [0.2, 0.25) is 0 Å². The van der Waals surface area contributed by atoms with Gasteiger partial charge in [-0.05, 0) is 11.6 Å². The third-order valence-corrected chi connectivity index (χ3v) is 4.34. The van der Waals surface area contributed by atoms with E-state index >= 15 is 0 Å². The van der Waals surface area contributed by atoms with Gasteiger partial charge in [0.15, 0.2) is 0 Å². The Bertz CT molecular complexity index is 970. The van der Waals surface area contributed by atoms with Crippen LogP contribution in [0.4, 0.5) is 0 Å². The van der Waals surface area contributed by atoms with Crippen molar-refractivity contribution in [3.8, 4) is 0 Å². The highest BCUT2D eigenvalue weighted by molar-refractivity contribution is 5.81. The maximum Gasteiger partial charge on any atom is 0.261 e. The number of aryl methyl sites for hydroxylation is 1. The number of hydrogen-bond acceptors (Lipinski definition) is 5. The Morgan fingerprint density at radius 3 is 2.76 bits per heavy atom. The van der Waals surface area contributed by atoms with Crippen molar-refractivity contribution < 1.29 is 4.42 Å². The van der Waals surface area contributed by atoms with E-state index in [0.717, 1.165) is 11.1 Å². The molecule has 0 spiro atoms. The Labute approximate surface area is 145 Å². The average Bonchev–Trinajstić information content (AvgIpc) is 3.02. The van der Waals surface area contributed by atoms with Gasteiger partial charge in [-0.2, -0.15) is 0 Å². The minimum Gasteiger partial charge on any atom is -0.460 e. The summed E-state index contributed by atoms with van der Waals surface area (Å²) in [6, 6.07) is 11.9. The first-order valence-electron chi connectivity index (χ1n) is 8.08. The maximum atomic E-state index is 12.5. The number of pyridine rings is 1. The molecule has 0 saturated heterocycles. The quantitative estimate of drug-likeness (QED) is 0.489. The van der Waals surface area contributed by atoms with Crippen LogP contribution in [0.1, 0.15) is 29.7 Å². The molecule has 0 aliphatic carbocycles. The lowest BCUT2D eigenvalue weighted by Gasteiger charge is -2.14. The monoisotopic (exact) mass is 338 g/mol.